The molecular weight excluding hydrogens is 292 g/mol. The predicted octanol–water partition coefficient (Wildman–Crippen LogP) is 1.29. The Kier molecular flexibility index (Phi) is 7.99. The van der Waals surface area contributed by atoms with E-state index in [2.05, 4.69) is 5.32 Å². The molecule has 1 aromatic rings. The van der Waals surface area contributed by atoms with Crippen molar-refractivity contribution in [2.24, 2.45) is 11.1 Å². The van der Waals surface area contributed by atoms with Crippen molar-refractivity contribution in [2.75, 3.05) is 13.7 Å². The number of nitrogens with two attached hydrogens (primary N) is 1. The molecule has 0 spiro atoms. The summed E-state index contributed by atoms with van der Waals surface area (Å²) >= 11 is 0. The van der Waals surface area contributed by atoms with Gasteiger partial charge in [-0.2, -0.15) is 0 Å². The van der Waals surface area contributed by atoms with Crippen LogP contribution in [0.1, 0.15) is 19.4 Å². The lowest BCUT2D eigenvalue weighted by molar-refractivity contribution is -0.146. The number of benzene rings is 1. The van der Waals surface area contributed by atoms with E-state index in [-0.39, 0.29) is 24.9 Å². The number of rotatable bonds is 6. The Bertz CT molecular complexity index is 463. The van der Waals surface area contributed by atoms with Gasteiger partial charge in [0.15, 0.2) is 0 Å². The zero-order valence-corrected chi connectivity index (χ0v) is 13.4. The SMILES string of the molecule is COC(=O)C(Cc1ccccc1)NC(=O)C(C)(C)CN.Cl. The van der Waals surface area contributed by atoms with E-state index >= 15 is 0 Å². The summed E-state index contributed by atoms with van der Waals surface area (Å²) in [5.74, 6) is -0.721. The molecule has 1 amide bonds. The van der Waals surface area contributed by atoms with E-state index in [1.54, 1.807) is 13.8 Å². The maximum absolute atomic E-state index is 12.1. The fraction of sp³-hybridized carbons (Fsp3) is 0.467. The van der Waals surface area contributed by atoms with Gasteiger partial charge in [0.2, 0.25) is 5.91 Å². The van der Waals surface area contributed by atoms with Crippen LogP contribution >= 0.6 is 12.4 Å². The molecule has 0 aliphatic rings. The predicted molar refractivity (Wildman–Crippen MR) is 84.2 cm³/mol. The van der Waals surface area contributed by atoms with Crippen molar-refractivity contribution >= 4 is 24.3 Å². The van der Waals surface area contributed by atoms with E-state index in [0.29, 0.717) is 6.42 Å². The topological polar surface area (TPSA) is 81.4 Å². The Morgan fingerprint density at radius 2 is 1.86 bits per heavy atom. The molecule has 0 bridgehead atoms. The molecule has 3 N–H and O–H groups in total. The molecular formula is C15H23ClN2O3. The lowest BCUT2D eigenvalue weighted by atomic mass is 9.92. The summed E-state index contributed by atoms with van der Waals surface area (Å²) in [5, 5.41) is 2.71. The first-order chi connectivity index (χ1) is 9.40. The van der Waals surface area contributed by atoms with Crippen LogP contribution in [0.5, 0.6) is 0 Å². The van der Waals surface area contributed by atoms with Crippen LogP contribution in [0.3, 0.4) is 0 Å². The molecule has 1 unspecified atom stereocenters. The highest BCUT2D eigenvalue weighted by molar-refractivity contribution is 5.87. The summed E-state index contributed by atoms with van der Waals surface area (Å²) in [7, 11) is 1.31. The van der Waals surface area contributed by atoms with Gasteiger partial charge >= 0.3 is 5.97 Å². The first kappa shape index (κ1) is 19.4. The number of ether oxygens (including phenoxy) is 1. The fourth-order valence-electron chi connectivity index (χ4n) is 1.63. The van der Waals surface area contributed by atoms with Gasteiger partial charge in [0.1, 0.15) is 6.04 Å². The van der Waals surface area contributed by atoms with Crippen molar-refractivity contribution in [3.63, 3.8) is 0 Å². The minimum absolute atomic E-state index is 0. The normalized spacial score (nSPS) is 12.0. The summed E-state index contributed by atoms with van der Waals surface area (Å²) in [6, 6.07) is 8.75. The molecule has 0 saturated heterocycles. The van der Waals surface area contributed by atoms with Crippen LogP contribution in [0.15, 0.2) is 30.3 Å². The summed E-state index contributed by atoms with van der Waals surface area (Å²) in [6.45, 7) is 3.68. The van der Waals surface area contributed by atoms with Gasteiger partial charge in [0.05, 0.1) is 12.5 Å². The van der Waals surface area contributed by atoms with E-state index in [1.807, 2.05) is 30.3 Å². The molecule has 1 atom stereocenters. The molecule has 5 nitrogen and oxygen atoms in total. The third kappa shape index (κ3) is 5.73. The van der Waals surface area contributed by atoms with E-state index in [0.717, 1.165) is 5.56 Å². The zero-order chi connectivity index (χ0) is 15.2. The lowest BCUT2D eigenvalue weighted by Gasteiger charge is -2.25. The second kappa shape index (κ2) is 8.64. The van der Waals surface area contributed by atoms with Gasteiger partial charge < -0.3 is 15.8 Å². The van der Waals surface area contributed by atoms with E-state index in [4.69, 9.17) is 10.5 Å². The molecule has 0 aliphatic carbocycles. The van der Waals surface area contributed by atoms with E-state index in [1.165, 1.54) is 7.11 Å². The summed E-state index contributed by atoms with van der Waals surface area (Å²) in [5.41, 5.74) is 5.80. The average Bonchev–Trinajstić information content (AvgIpc) is 2.46. The quantitative estimate of drug-likeness (QED) is 0.775. The third-order valence-corrected chi connectivity index (χ3v) is 3.20. The van der Waals surface area contributed by atoms with Crippen LogP contribution in [-0.4, -0.2) is 31.6 Å². The number of carbonyl (C=O) groups excluding carboxylic acids is 2. The number of carbonyl (C=O) groups is 2. The van der Waals surface area contributed by atoms with E-state index < -0.39 is 17.4 Å². The van der Waals surface area contributed by atoms with Crippen molar-refractivity contribution in [3.8, 4) is 0 Å². The van der Waals surface area contributed by atoms with Crippen LogP contribution in [0, 0.1) is 5.41 Å². The van der Waals surface area contributed by atoms with Gasteiger partial charge in [0.25, 0.3) is 0 Å². The molecule has 0 aromatic heterocycles. The van der Waals surface area contributed by atoms with Crippen LogP contribution < -0.4 is 11.1 Å². The average molecular weight is 315 g/mol. The number of hydrogen-bond donors (Lipinski definition) is 2. The Hall–Kier alpha value is -1.59. The highest BCUT2D eigenvalue weighted by Crippen LogP contribution is 2.14. The van der Waals surface area contributed by atoms with Gasteiger partial charge in [-0.05, 0) is 19.4 Å². The monoisotopic (exact) mass is 314 g/mol. The molecule has 21 heavy (non-hydrogen) atoms. The number of nitrogens with one attached hydrogen (secondary N) is 1. The molecule has 0 aliphatic heterocycles. The summed E-state index contributed by atoms with van der Waals surface area (Å²) < 4.78 is 4.75. The molecule has 118 valence electrons. The van der Waals surface area contributed by atoms with Crippen LogP contribution in [0.4, 0.5) is 0 Å². The van der Waals surface area contributed by atoms with Crippen LogP contribution in [0.25, 0.3) is 0 Å². The van der Waals surface area contributed by atoms with Crippen molar-refractivity contribution in [3.05, 3.63) is 35.9 Å². The summed E-state index contributed by atoms with van der Waals surface area (Å²) in [4.78, 5) is 23.9. The minimum Gasteiger partial charge on any atom is -0.467 e. The zero-order valence-electron chi connectivity index (χ0n) is 12.6. The standard InChI is InChI=1S/C15H22N2O3.ClH/c1-15(2,10-16)14(19)17-12(13(18)20-3)9-11-7-5-4-6-8-11;/h4-8,12H,9-10,16H2,1-3H3,(H,17,19);1H. The minimum atomic E-state index is -0.719. The van der Waals surface area contributed by atoms with Gasteiger partial charge in [-0.1, -0.05) is 30.3 Å². The number of halogens is 1. The largest absolute Gasteiger partial charge is 0.467 e. The third-order valence-electron chi connectivity index (χ3n) is 3.20. The smallest absolute Gasteiger partial charge is 0.328 e. The van der Waals surface area contributed by atoms with Crippen LogP contribution in [0.2, 0.25) is 0 Å². The second-order valence-electron chi connectivity index (χ2n) is 5.33. The second-order valence-corrected chi connectivity index (χ2v) is 5.33. The fourth-order valence-corrected chi connectivity index (χ4v) is 1.63. The molecule has 1 aromatic carbocycles. The number of esters is 1. The number of amides is 1. The molecule has 6 heteroatoms. The Labute approximate surface area is 131 Å². The Morgan fingerprint density at radius 3 is 2.33 bits per heavy atom. The molecule has 1 rings (SSSR count). The Morgan fingerprint density at radius 1 is 1.29 bits per heavy atom. The van der Waals surface area contributed by atoms with Crippen molar-refractivity contribution in [2.45, 2.75) is 26.3 Å². The van der Waals surface area contributed by atoms with Crippen molar-refractivity contribution < 1.29 is 14.3 Å². The van der Waals surface area contributed by atoms with Gasteiger partial charge in [-0.15, -0.1) is 12.4 Å². The highest BCUT2D eigenvalue weighted by Gasteiger charge is 2.30. The first-order valence-corrected chi connectivity index (χ1v) is 6.53. The lowest BCUT2D eigenvalue weighted by Crippen LogP contribution is -2.50. The summed E-state index contributed by atoms with van der Waals surface area (Å²) in [6.07, 6.45) is 0.389. The number of methoxy groups -OCH3 is 1. The van der Waals surface area contributed by atoms with Gasteiger partial charge in [-0.25, -0.2) is 4.79 Å². The number of hydrogen-bond acceptors (Lipinski definition) is 4. The highest BCUT2D eigenvalue weighted by atomic mass is 35.5. The Balaban J connectivity index is 0.00000400. The first-order valence-electron chi connectivity index (χ1n) is 6.53. The molecule has 0 saturated carbocycles. The molecule has 0 radical (unpaired) electrons. The van der Waals surface area contributed by atoms with Gasteiger partial charge in [0, 0.05) is 13.0 Å². The van der Waals surface area contributed by atoms with E-state index in [9.17, 15) is 9.59 Å². The van der Waals surface area contributed by atoms with Crippen molar-refractivity contribution in [1.29, 1.82) is 0 Å². The van der Waals surface area contributed by atoms with Crippen molar-refractivity contribution in [1.82, 2.24) is 5.32 Å². The molecule has 0 fully saturated rings. The maximum Gasteiger partial charge on any atom is 0.328 e. The van der Waals surface area contributed by atoms with Gasteiger partial charge in [-0.3, -0.25) is 4.79 Å². The van der Waals surface area contributed by atoms with Crippen LogP contribution in [-0.2, 0) is 20.7 Å². The maximum atomic E-state index is 12.1. The molecule has 0 heterocycles.